The molecular formula is C19H33NO. The zero-order chi connectivity index (χ0) is 16.0. The van der Waals surface area contributed by atoms with Crippen molar-refractivity contribution < 1.29 is 4.74 Å². The normalized spacial score (nSPS) is 13.5. The summed E-state index contributed by atoms with van der Waals surface area (Å²) in [4.78, 5) is 0. The van der Waals surface area contributed by atoms with E-state index in [9.17, 15) is 0 Å². The summed E-state index contributed by atoms with van der Waals surface area (Å²) < 4.78 is 6.09. The molecule has 0 saturated heterocycles. The molecule has 2 nitrogen and oxygen atoms in total. The van der Waals surface area contributed by atoms with Gasteiger partial charge in [-0.2, -0.15) is 0 Å². The van der Waals surface area contributed by atoms with E-state index in [0.717, 1.165) is 12.3 Å². The summed E-state index contributed by atoms with van der Waals surface area (Å²) in [6.45, 7) is 16.3. The van der Waals surface area contributed by atoms with E-state index in [1.54, 1.807) is 0 Å². The second-order valence-corrected chi connectivity index (χ2v) is 7.08. The fourth-order valence-corrected chi connectivity index (χ4v) is 2.42. The highest BCUT2D eigenvalue weighted by molar-refractivity contribution is 5.38. The SMILES string of the molecule is CCC(CC)NCC(C)Oc1ccc(C(C)(C)C)cc1C. The molecule has 21 heavy (non-hydrogen) atoms. The number of benzene rings is 1. The van der Waals surface area contributed by atoms with Crippen LogP contribution in [-0.2, 0) is 5.41 Å². The van der Waals surface area contributed by atoms with Gasteiger partial charge in [-0.05, 0) is 49.3 Å². The molecule has 1 aromatic carbocycles. The molecule has 0 aliphatic rings. The Kier molecular flexibility index (Phi) is 6.73. The first-order chi connectivity index (χ1) is 9.77. The lowest BCUT2D eigenvalue weighted by Crippen LogP contribution is -2.36. The van der Waals surface area contributed by atoms with Gasteiger partial charge < -0.3 is 10.1 Å². The maximum atomic E-state index is 6.09. The van der Waals surface area contributed by atoms with Crippen LogP contribution in [0.5, 0.6) is 5.75 Å². The molecule has 1 N–H and O–H groups in total. The zero-order valence-electron chi connectivity index (χ0n) is 14.9. The van der Waals surface area contributed by atoms with E-state index in [4.69, 9.17) is 4.74 Å². The average molecular weight is 291 g/mol. The zero-order valence-corrected chi connectivity index (χ0v) is 14.9. The summed E-state index contributed by atoms with van der Waals surface area (Å²) in [5, 5.41) is 3.57. The fourth-order valence-electron chi connectivity index (χ4n) is 2.42. The van der Waals surface area contributed by atoms with E-state index in [1.807, 2.05) is 0 Å². The summed E-state index contributed by atoms with van der Waals surface area (Å²) in [6.07, 6.45) is 2.52. The van der Waals surface area contributed by atoms with Crippen molar-refractivity contribution in [2.45, 2.75) is 78.9 Å². The van der Waals surface area contributed by atoms with Gasteiger partial charge in [0, 0.05) is 12.6 Å². The van der Waals surface area contributed by atoms with Crippen molar-refractivity contribution in [3.8, 4) is 5.75 Å². The maximum Gasteiger partial charge on any atom is 0.122 e. The molecule has 2 heteroatoms. The van der Waals surface area contributed by atoms with Crippen LogP contribution in [0, 0.1) is 6.92 Å². The third-order valence-electron chi connectivity index (χ3n) is 4.05. The number of aryl methyl sites for hydroxylation is 1. The minimum atomic E-state index is 0.185. The molecule has 0 aliphatic carbocycles. The van der Waals surface area contributed by atoms with Gasteiger partial charge in [-0.1, -0.05) is 46.8 Å². The topological polar surface area (TPSA) is 21.3 Å². The Morgan fingerprint density at radius 3 is 2.24 bits per heavy atom. The predicted octanol–water partition coefficient (Wildman–Crippen LogP) is 4.84. The highest BCUT2D eigenvalue weighted by atomic mass is 16.5. The van der Waals surface area contributed by atoms with Crippen molar-refractivity contribution in [2.75, 3.05) is 6.54 Å². The van der Waals surface area contributed by atoms with Gasteiger partial charge in [-0.3, -0.25) is 0 Å². The molecule has 0 amide bonds. The van der Waals surface area contributed by atoms with Gasteiger partial charge in [0.1, 0.15) is 11.9 Å². The van der Waals surface area contributed by atoms with E-state index in [0.29, 0.717) is 6.04 Å². The van der Waals surface area contributed by atoms with Crippen molar-refractivity contribution in [3.63, 3.8) is 0 Å². The second-order valence-electron chi connectivity index (χ2n) is 7.08. The Morgan fingerprint density at radius 1 is 1.14 bits per heavy atom. The average Bonchev–Trinajstić information content (AvgIpc) is 2.41. The minimum absolute atomic E-state index is 0.185. The predicted molar refractivity (Wildman–Crippen MR) is 92.3 cm³/mol. The number of ether oxygens (including phenoxy) is 1. The van der Waals surface area contributed by atoms with Crippen molar-refractivity contribution >= 4 is 0 Å². The summed E-state index contributed by atoms with van der Waals surface area (Å²) in [5.74, 6) is 1.00. The lowest BCUT2D eigenvalue weighted by atomic mass is 9.86. The highest BCUT2D eigenvalue weighted by Crippen LogP contribution is 2.27. The van der Waals surface area contributed by atoms with Crippen LogP contribution < -0.4 is 10.1 Å². The molecule has 0 saturated carbocycles. The van der Waals surface area contributed by atoms with E-state index in [2.05, 4.69) is 72.0 Å². The maximum absolute atomic E-state index is 6.09. The Balaban J connectivity index is 2.62. The molecule has 0 fully saturated rings. The van der Waals surface area contributed by atoms with Crippen molar-refractivity contribution in [1.82, 2.24) is 5.32 Å². The molecule has 0 aliphatic heterocycles. The van der Waals surface area contributed by atoms with Gasteiger partial charge in [-0.15, -0.1) is 0 Å². The van der Waals surface area contributed by atoms with Gasteiger partial charge in [0.05, 0.1) is 0 Å². The molecule has 0 aromatic heterocycles. The van der Waals surface area contributed by atoms with Crippen LogP contribution in [0.25, 0.3) is 0 Å². The summed E-state index contributed by atoms with van der Waals surface area (Å²) in [6, 6.07) is 7.14. The standard InChI is InChI=1S/C19H33NO/c1-8-17(9-2)20-13-15(4)21-18-11-10-16(12-14(18)3)19(5,6)7/h10-12,15,17,20H,8-9,13H2,1-7H3. The quantitative estimate of drug-likeness (QED) is 0.776. The Bertz CT molecular complexity index is 430. The lowest BCUT2D eigenvalue weighted by Gasteiger charge is -2.23. The molecular weight excluding hydrogens is 258 g/mol. The molecule has 0 spiro atoms. The van der Waals surface area contributed by atoms with Crippen molar-refractivity contribution in [1.29, 1.82) is 0 Å². The summed E-state index contributed by atoms with van der Waals surface area (Å²) in [7, 11) is 0. The number of rotatable bonds is 7. The summed E-state index contributed by atoms with van der Waals surface area (Å²) >= 11 is 0. The van der Waals surface area contributed by atoms with E-state index in [-0.39, 0.29) is 11.5 Å². The van der Waals surface area contributed by atoms with Gasteiger partial charge in [0.2, 0.25) is 0 Å². The van der Waals surface area contributed by atoms with Crippen LogP contribution >= 0.6 is 0 Å². The number of nitrogens with one attached hydrogen (secondary N) is 1. The molecule has 0 heterocycles. The van der Waals surface area contributed by atoms with Crippen molar-refractivity contribution in [2.24, 2.45) is 0 Å². The van der Waals surface area contributed by atoms with Gasteiger partial charge in [0.15, 0.2) is 0 Å². The monoisotopic (exact) mass is 291 g/mol. The van der Waals surface area contributed by atoms with Crippen LogP contribution in [0.3, 0.4) is 0 Å². The molecule has 1 unspecified atom stereocenters. The Hall–Kier alpha value is -1.02. The Labute approximate surface area is 131 Å². The first kappa shape index (κ1) is 18.0. The first-order valence-corrected chi connectivity index (χ1v) is 8.29. The van der Waals surface area contributed by atoms with Gasteiger partial charge in [-0.25, -0.2) is 0 Å². The second kappa shape index (κ2) is 7.84. The fraction of sp³-hybridized carbons (Fsp3) is 0.684. The van der Waals surface area contributed by atoms with Gasteiger partial charge >= 0.3 is 0 Å². The molecule has 0 bridgehead atoms. The lowest BCUT2D eigenvalue weighted by molar-refractivity contribution is 0.208. The number of hydrogen-bond acceptors (Lipinski definition) is 2. The van der Waals surface area contributed by atoms with Crippen molar-refractivity contribution in [3.05, 3.63) is 29.3 Å². The molecule has 1 aromatic rings. The van der Waals surface area contributed by atoms with Crippen LogP contribution in [0.1, 0.15) is 65.5 Å². The van der Waals surface area contributed by atoms with Crippen LogP contribution in [0.2, 0.25) is 0 Å². The Morgan fingerprint density at radius 2 is 1.76 bits per heavy atom. The van der Waals surface area contributed by atoms with E-state index >= 15 is 0 Å². The smallest absolute Gasteiger partial charge is 0.122 e. The first-order valence-electron chi connectivity index (χ1n) is 8.29. The number of hydrogen-bond donors (Lipinski definition) is 1. The third-order valence-corrected chi connectivity index (χ3v) is 4.05. The van der Waals surface area contributed by atoms with E-state index < -0.39 is 0 Å². The highest BCUT2D eigenvalue weighted by Gasteiger charge is 2.15. The van der Waals surface area contributed by atoms with Gasteiger partial charge in [0.25, 0.3) is 0 Å². The van der Waals surface area contributed by atoms with Crippen LogP contribution in [0.4, 0.5) is 0 Å². The van der Waals surface area contributed by atoms with Crippen LogP contribution in [-0.4, -0.2) is 18.7 Å². The summed E-state index contributed by atoms with van der Waals surface area (Å²) in [5.41, 5.74) is 2.76. The third kappa shape index (κ3) is 5.70. The molecule has 0 radical (unpaired) electrons. The molecule has 1 atom stereocenters. The minimum Gasteiger partial charge on any atom is -0.489 e. The largest absolute Gasteiger partial charge is 0.489 e. The van der Waals surface area contributed by atoms with E-state index in [1.165, 1.54) is 24.0 Å². The molecule has 120 valence electrons. The molecule has 1 rings (SSSR count). The van der Waals surface area contributed by atoms with Crippen LogP contribution in [0.15, 0.2) is 18.2 Å².